The zero-order chi connectivity index (χ0) is 14.0. The second-order valence-electron chi connectivity index (χ2n) is 5.36. The summed E-state index contributed by atoms with van der Waals surface area (Å²) in [6.45, 7) is 3.50. The number of nitrogens with zero attached hydrogens (tertiary/aromatic N) is 1. The third kappa shape index (κ3) is 2.72. The van der Waals surface area contributed by atoms with E-state index in [2.05, 4.69) is 0 Å². The van der Waals surface area contributed by atoms with Crippen molar-refractivity contribution in [2.75, 3.05) is 33.0 Å². The Hall–Kier alpha value is -1.18. The Morgan fingerprint density at radius 3 is 2.74 bits per heavy atom. The predicted octanol–water partition coefficient (Wildman–Crippen LogP) is -0.948. The predicted molar refractivity (Wildman–Crippen MR) is 65.5 cm³/mol. The third-order valence-corrected chi connectivity index (χ3v) is 3.90. The van der Waals surface area contributed by atoms with Crippen molar-refractivity contribution in [3.8, 4) is 0 Å². The van der Waals surface area contributed by atoms with Gasteiger partial charge in [0.15, 0.2) is 0 Å². The van der Waals surface area contributed by atoms with Crippen LogP contribution in [-0.4, -0.2) is 66.9 Å². The summed E-state index contributed by atoms with van der Waals surface area (Å²) in [6.07, 6.45) is -0.113. The van der Waals surface area contributed by atoms with E-state index in [4.69, 9.17) is 20.3 Å². The lowest BCUT2D eigenvalue weighted by Crippen LogP contribution is -2.58. The van der Waals surface area contributed by atoms with Gasteiger partial charge in [-0.3, -0.25) is 9.59 Å². The molecule has 0 aromatic carbocycles. The van der Waals surface area contributed by atoms with Crippen LogP contribution in [0.15, 0.2) is 0 Å². The van der Waals surface area contributed by atoms with Crippen LogP contribution in [0.2, 0.25) is 0 Å². The van der Waals surface area contributed by atoms with Crippen LogP contribution in [0.3, 0.4) is 0 Å². The summed E-state index contributed by atoms with van der Waals surface area (Å²) in [5.41, 5.74) is 5.18. The summed E-state index contributed by atoms with van der Waals surface area (Å²) in [6, 6.07) is -0.781. The molecule has 3 N–H and O–H groups in total. The van der Waals surface area contributed by atoms with E-state index in [1.54, 1.807) is 11.8 Å². The first-order valence-electron chi connectivity index (χ1n) is 6.39. The van der Waals surface area contributed by atoms with E-state index in [0.717, 1.165) is 0 Å². The number of ether oxygens (including phenoxy) is 2. The number of nitrogens with two attached hydrogens (primary N) is 1. The Balaban J connectivity index is 2.13. The fourth-order valence-electron chi connectivity index (χ4n) is 2.53. The molecule has 2 fully saturated rings. The number of carboxylic acids is 1. The van der Waals surface area contributed by atoms with Gasteiger partial charge in [0.1, 0.15) is 0 Å². The number of hydrogen-bond acceptors (Lipinski definition) is 5. The number of carbonyl (C=O) groups excluding carboxylic acids is 1. The van der Waals surface area contributed by atoms with Gasteiger partial charge in [0, 0.05) is 12.6 Å². The summed E-state index contributed by atoms with van der Waals surface area (Å²) in [7, 11) is 0. The summed E-state index contributed by atoms with van der Waals surface area (Å²) < 4.78 is 10.5. The van der Waals surface area contributed by atoms with Gasteiger partial charge < -0.3 is 25.2 Å². The highest BCUT2D eigenvalue weighted by atomic mass is 16.5. The Morgan fingerprint density at radius 2 is 2.16 bits per heavy atom. The average Bonchev–Trinajstić information content (AvgIpc) is 2.70. The van der Waals surface area contributed by atoms with Crippen molar-refractivity contribution in [1.29, 1.82) is 0 Å². The molecule has 108 valence electrons. The standard InChI is InChI=1S/C12H20N2O5/c1-12(7-19-6-9(12)13)11(17)14-2-3-18-5-8(14)4-10(15)16/h8-9H,2-7,13H2,1H3,(H,15,16). The largest absolute Gasteiger partial charge is 0.481 e. The van der Waals surface area contributed by atoms with Crippen LogP contribution >= 0.6 is 0 Å². The first-order valence-corrected chi connectivity index (χ1v) is 6.39. The van der Waals surface area contributed by atoms with Crippen LogP contribution in [0, 0.1) is 5.41 Å². The Morgan fingerprint density at radius 1 is 1.42 bits per heavy atom. The number of carboxylic acid groups (broad SMARTS) is 1. The van der Waals surface area contributed by atoms with E-state index in [1.165, 1.54) is 0 Å². The van der Waals surface area contributed by atoms with Crippen LogP contribution in [0.25, 0.3) is 0 Å². The molecule has 0 spiro atoms. The average molecular weight is 272 g/mol. The molecule has 1 amide bonds. The molecule has 3 atom stereocenters. The number of amides is 1. The van der Waals surface area contributed by atoms with E-state index in [0.29, 0.717) is 19.8 Å². The van der Waals surface area contributed by atoms with Crippen molar-refractivity contribution in [1.82, 2.24) is 4.90 Å². The van der Waals surface area contributed by atoms with Gasteiger partial charge in [-0.15, -0.1) is 0 Å². The molecule has 0 bridgehead atoms. The summed E-state index contributed by atoms with van der Waals surface area (Å²) in [5.74, 6) is -1.07. The molecule has 2 aliphatic rings. The van der Waals surface area contributed by atoms with Gasteiger partial charge in [-0.2, -0.15) is 0 Å². The molecule has 2 saturated heterocycles. The minimum atomic E-state index is -0.939. The van der Waals surface area contributed by atoms with Gasteiger partial charge in [-0.1, -0.05) is 0 Å². The normalized spacial score (nSPS) is 35.4. The highest BCUT2D eigenvalue weighted by molar-refractivity contribution is 5.84. The molecule has 0 saturated carbocycles. The number of hydrogen-bond donors (Lipinski definition) is 2. The molecule has 7 heteroatoms. The van der Waals surface area contributed by atoms with Crippen LogP contribution in [0.5, 0.6) is 0 Å². The van der Waals surface area contributed by atoms with Crippen molar-refractivity contribution in [3.63, 3.8) is 0 Å². The minimum absolute atomic E-state index is 0.113. The van der Waals surface area contributed by atoms with Crippen molar-refractivity contribution in [3.05, 3.63) is 0 Å². The molecule has 0 radical (unpaired) electrons. The molecule has 2 heterocycles. The lowest BCUT2D eigenvalue weighted by atomic mass is 9.83. The lowest BCUT2D eigenvalue weighted by Gasteiger charge is -2.40. The zero-order valence-electron chi connectivity index (χ0n) is 11.0. The molecular weight excluding hydrogens is 252 g/mol. The summed E-state index contributed by atoms with van der Waals surface area (Å²) in [5, 5.41) is 8.90. The molecule has 0 aromatic rings. The zero-order valence-corrected chi connectivity index (χ0v) is 11.0. The maximum Gasteiger partial charge on any atom is 0.305 e. The molecule has 2 aliphatic heterocycles. The van der Waals surface area contributed by atoms with E-state index < -0.39 is 17.4 Å². The number of rotatable bonds is 3. The lowest BCUT2D eigenvalue weighted by molar-refractivity contribution is -0.153. The van der Waals surface area contributed by atoms with Crippen molar-refractivity contribution >= 4 is 11.9 Å². The fraction of sp³-hybridized carbons (Fsp3) is 0.833. The highest BCUT2D eigenvalue weighted by Crippen LogP contribution is 2.31. The van der Waals surface area contributed by atoms with E-state index >= 15 is 0 Å². The van der Waals surface area contributed by atoms with Crippen LogP contribution in [0.4, 0.5) is 0 Å². The van der Waals surface area contributed by atoms with Crippen molar-refractivity contribution < 1.29 is 24.2 Å². The highest BCUT2D eigenvalue weighted by Gasteiger charge is 2.48. The Kier molecular flexibility index (Phi) is 4.07. The second kappa shape index (κ2) is 5.44. The van der Waals surface area contributed by atoms with E-state index in [9.17, 15) is 9.59 Å². The summed E-state index contributed by atoms with van der Waals surface area (Å²) in [4.78, 5) is 25.1. The van der Waals surface area contributed by atoms with Gasteiger partial charge in [0.2, 0.25) is 5.91 Å². The second-order valence-corrected chi connectivity index (χ2v) is 5.36. The molecule has 0 aliphatic carbocycles. The monoisotopic (exact) mass is 272 g/mol. The minimum Gasteiger partial charge on any atom is -0.481 e. The van der Waals surface area contributed by atoms with E-state index in [-0.39, 0.29) is 31.6 Å². The Bertz CT molecular complexity index is 375. The SMILES string of the molecule is CC1(C(=O)N2CCOCC2CC(=O)O)COCC1N. The van der Waals surface area contributed by atoms with Gasteiger partial charge >= 0.3 is 5.97 Å². The van der Waals surface area contributed by atoms with Gasteiger partial charge in [-0.25, -0.2) is 0 Å². The maximum absolute atomic E-state index is 12.6. The van der Waals surface area contributed by atoms with Crippen LogP contribution in [-0.2, 0) is 19.1 Å². The topological polar surface area (TPSA) is 102 Å². The maximum atomic E-state index is 12.6. The molecular formula is C12H20N2O5. The number of morpholine rings is 1. The van der Waals surface area contributed by atoms with Gasteiger partial charge in [0.05, 0.1) is 44.3 Å². The first-order chi connectivity index (χ1) is 8.95. The quantitative estimate of drug-likeness (QED) is 0.687. The smallest absolute Gasteiger partial charge is 0.305 e. The van der Waals surface area contributed by atoms with Crippen LogP contribution < -0.4 is 5.73 Å². The molecule has 3 unspecified atom stereocenters. The Labute approximate surface area is 111 Å². The third-order valence-electron chi connectivity index (χ3n) is 3.90. The number of aliphatic carboxylic acids is 1. The molecule has 0 aromatic heterocycles. The molecule has 7 nitrogen and oxygen atoms in total. The van der Waals surface area contributed by atoms with Crippen LogP contribution in [0.1, 0.15) is 13.3 Å². The first kappa shape index (κ1) is 14.2. The van der Waals surface area contributed by atoms with Crippen molar-refractivity contribution in [2.24, 2.45) is 11.1 Å². The van der Waals surface area contributed by atoms with Gasteiger partial charge in [0.25, 0.3) is 0 Å². The molecule has 19 heavy (non-hydrogen) atoms. The van der Waals surface area contributed by atoms with Crippen molar-refractivity contribution in [2.45, 2.75) is 25.4 Å². The van der Waals surface area contributed by atoms with Gasteiger partial charge in [-0.05, 0) is 6.92 Å². The van der Waals surface area contributed by atoms with E-state index in [1.807, 2.05) is 0 Å². The number of carbonyl (C=O) groups is 2. The molecule has 2 rings (SSSR count). The summed E-state index contributed by atoms with van der Waals surface area (Å²) >= 11 is 0. The fourth-order valence-corrected chi connectivity index (χ4v) is 2.53.